The fourth-order valence-corrected chi connectivity index (χ4v) is 3.61. The fourth-order valence-electron chi connectivity index (χ4n) is 3.61. The van der Waals surface area contributed by atoms with E-state index in [0.717, 1.165) is 31.8 Å². The lowest BCUT2D eigenvalue weighted by Crippen LogP contribution is -2.59. The number of halogens is 3. The minimum Gasteiger partial charge on any atom is -0.374 e. The maximum absolute atomic E-state index is 14.7. The Labute approximate surface area is 124 Å². The van der Waals surface area contributed by atoms with Crippen molar-refractivity contribution in [2.75, 3.05) is 6.61 Å². The molecule has 0 N–H and O–H groups in total. The highest BCUT2D eigenvalue weighted by molar-refractivity contribution is 5.37. The zero-order valence-electron chi connectivity index (χ0n) is 12.5. The Balaban J connectivity index is 2.51. The molecule has 0 spiro atoms. The molecule has 4 heteroatoms. The van der Waals surface area contributed by atoms with E-state index >= 15 is 0 Å². The number of allylic oxidation sites excluding steroid dienone is 3. The van der Waals surface area contributed by atoms with Crippen LogP contribution in [0.4, 0.5) is 13.2 Å². The van der Waals surface area contributed by atoms with Crippen LogP contribution in [0.15, 0.2) is 36.7 Å². The topological polar surface area (TPSA) is 9.23 Å². The molecule has 0 aromatic heterocycles. The molecule has 0 aromatic carbocycles. The van der Waals surface area contributed by atoms with Crippen LogP contribution in [0.25, 0.3) is 0 Å². The molecular weight excluding hydrogens is 277 g/mol. The molecular formula is C17H23F3O. The smallest absolute Gasteiger partial charge is 0.313 e. The quantitative estimate of drug-likeness (QED) is 0.622. The van der Waals surface area contributed by atoms with Crippen molar-refractivity contribution in [2.45, 2.75) is 57.0 Å². The first-order valence-electron chi connectivity index (χ1n) is 7.66. The van der Waals surface area contributed by atoms with Crippen LogP contribution in [0.2, 0.25) is 0 Å². The largest absolute Gasteiger partial charge is 0.374 e. The van der Waals surface area contributed by atoms with Crippen molar-refractivity contribution >= 4 is 0 Å². The summed E-state index contributed by atoms with van der Waals surface area (Å²) in [5.74, 6) is -5.02. The second-order valence-electron chi connectivity index (χ2n) is 5.92. The summed E-state index contributed by atoms with van der Waals surface area (Å²) < 4.78 is 49.2. The Morgan fingerprint density at radius 1 is 1.29 bits per heavy atom. The Kier molecular flexibility index (Phi) is 4.66. The number of hydrogen-bond donors (Lipinski definition) is 0. The summed E-state index contributed by atoms with van der Waals surface area (Å²) in [6.45, 7) is 5.94. The zero-order chi connectivity index (χ0) is 15.6. The molecule has 0 bridgehead atoms. The fraction of sp³-hybridized carbons (Fsp3) is 0.647. The lowest BCUT2D eigenvalue weighted by molar-refractivity contribution is -0.200. The van der Waals surface area contributed by atoms with Gasteiger partial charge in [0.25, 0.3) is 0 Å². The van der Waals surface area contributed by atoms with E-state index in [-0.39, 0.29) is 0 Å². The van der Waals surface area contributed by atoms with Crippen LogP contribution in [-0.4, -0.2) is 18.1 Å². The van der Waals surface area contributed by atoms with E-state index in [4.69, 9.17) is 4.74 Å². The predicted molar refractivity (Wildman–Crippen MR) is 78.0 cm³/mol. The zero-order valence-corrected chi connectivity index (χ0v) is 12.5. The molecule has 0 heterocycles. The molecule has 2 aliphatic carbocycles. The highest BCUT2D eigenvalue weighted by atomic mass is 19.3. The lowest BCUT2D eigenvalue weighted by atomic mass is 9.60. The van der Waals surface area contributed by atoms with Crippen molar-refractivity contribution in [1.82, 2.24) is 0 Å². The first-order chi connectivity index (χ1) is 9.96. The minimum absolute atomic E-state index is 0.394. The van der Waals surface area contributed by atoms with Gasteiger partial charge in [0.05, 0.1) is 5.60 Å². The number of ether oxygens (including phenoxy) is 1. The summed E-state index contributed by atoms with van der Waals surface area (Å²) in [7, 11) is 0. The van der Waals surface area contributed by atoms with Crippen LogP contribution >= 0.6 is 0 Å². The van der Waals surface area contributed by atoms with Crippen molar-refractivity contribution < 1.29 is 17.9 Å². The minimum atomic E-state index is -3.62. The van der Waals surface area contributed by atoms with E-state index < -0.39 is 22.8 Å². The van der Waals surface area contributed by atoms with Gasteiger partial charge in [-0.05, 0) is 25.3 Å². The van der Waals surface area contributed by atoms with Crippen LogP contribution in [-0.2, 0) is 4.74 Å². The summed E-state index contributed by atoms with van der Waals surface area (Å²) in [5, 5.41) is 0. The average molecular weight is 300 g/mol. The molecule has 1 saturated carbocycles. The highest BCUT2D eigenvalue weighted by Gasteiger charge is 2.65. The summed E-state index contributed by atoms with van der Waals surface area (Å²) in [4.78, 5) is 0. The Hall–Kier alpha value is -1.03. The summed E-state index contributed by atoms with van der Waals surface area (Å²) in [5.41, 5.74) is -2.89. The van der Waals surface area contributed by atoms with Gasteiger partial charge in [0.2, 0.25) is 0 Å². The summed E-state index contributed by atoms with van der Waals surface area (Å²) in [6.07, 6.45) is 9.14. The third kappa shape index (κ3) is 2.37. The SMILES string of the molecule is C=CC1(C2(OCCC)CCCCC2)C=CC=C(F)C1(F)F. The van der Waals surface area contributed by atoms with Gasteiger partial charge in [-0.1, -0.05) is 44.4 Å². The van der Waals surface area contributed by atoms with Crippen molar-refractivity contribution in [3.05, 3.63) is 36.7 Å². The maximum atomic E-state index is 14.7. The van der Waals surface area contributed by atoms with E-state index in [0.29, 0.717) is 19.4 Å². The lowest BCUT2D eigenvalue weighted by Gasteiger charge is -2.53. The molecule has 118 valence electrons. The van der Waals surface area contributed by atoms with Crippen LogP contribution in [0, 0.1) is 5.41 Å². The van der Waals surface area contributed by atoms with Crippen LogP contribution < -0.4 is 0 Å². The monoisotopic (exact) mass is 300 g/mol. The molecule has 1 atom stereocenters. The molecule has 0 radical (unpaired) electrons. The molecule has 0 amide bonds. The number of alkyl halides is 2. The normalized spacial score (nSPS) is 30.8. The maximum Gasteiger partial charge on any atom is 0.313 e. The van der Waals surface area contributed by atoms with Crippen LogP contribution in [0.5, 0.6) is 0 Å². The third-order valence-electron chi connectivity index (χ3n) is 4.74. The van der Waals surface area contributed by atoms with Crippen molar-refractivity contribution in [3.63, 3.8) is 0 Å². The van der Waals surface area contributed by atoms with E-state index in [9.17, 15) is 13.2 Å². The van der Waals surface area contributed by atoms with Gasteiger partial charge in [-0.3, -0.25) is 0 Å². The molecule has 1 fully saturated rings. The second-order valence-corrected chi connectivity index (χ2v) is 5.92. The Bertz CT molecular complexity index is 447. The van der Waals surface area contributed by atoms with Crippen LogP contribution in [0.1, 0.15) is 45.4 Å². The van der Waals surface area contributed by atoms with E-state index in [1.54, 1.807) is 0 Å². The highest BCUT2D eigenvalue weighted by Crippen LogP contribution is 2.58. The second kappa shape index (κ2) is 5.99. The van der Waals surface area contributed by atoms with Gasteiger partial charge in [-0.15, -0.1) is 6.58 Å². The molecule has 0 saturated heterocycles. The molecule has 0 aliphatic heterocycles. The summed E-state index contributed by atoms with van der Waals surface area (Å²) in [6, 6.07) is 0. The Morgan fingerprint density at radius 3 is 2.52 bits per heavy atom. The molecule has 2 rings (SSSR count). The van der Waals surface area contributed by atoms with E-state index in [1.165, 1.54) is 18.2 Å². The first-order valence-corrected chi connectivity index (χ1v) is 7.66. The van der Waals surface area contributed by atoms with Gasteiger partial charge in [0, 0.05) is 6.61 Å². The van der Waals surface area contributed by atoms with Gasteiger partial charge in [0.1, 0.15) is 5.41 Å². The average Bonchev–Trinajstić information content (AvgIpc) is 2.49. The van der Waals surface area contributed by atoms with Gasteiger partial charge < -0.3 is 4.74 Å². The standard InChI is InChI=1S/C17H23F3O/c1-3-13-21-16(11-6-5-7-12-16)15(4-2)10-8-9-14(18)17(15,19)20/h4,8-10H,2-3,5-7,11-13H2,1H3. The van der Waals surface area contributed by atoms with Gasteiger partial charge in [0.15, 0.2) is 5.83 Å². The van der Waals surface area contributed by atoms with Gasteiger partial charge in [-0.25, -0.2) is 4.39 Å². The van der Waals surface area contributed by atoms with Gasteiger partial charge in [-0.2, -0.15) is 8.78 Å². The molecule has 1 nitrogen and oxygen atoms in total. The van der Waals surface area contributed by atoms with Crippen molar-refractivity contribution in [2.24, 2.45) is 5.41 Å². The van der Waals surface area contributed by atoms with Crippen molar-refractivity contribution in [3.8, 4) is 0 Å². The molecule has 2 aliphatic rings. The third-order valence-corrected chi connectivity index (χ3v) is 4.74. The number of rotatable bonds is 5. The molecule has 0 aromatic rings. The summed E-state index contributed by atoms with van der Waals surface area (Å²) >= 11 is 0. The Morgan fingerprint density at radius 2 is 1.95 bits per heavy atom. The molecule has 21 heavy (non-hydrogen) atoms. The number of hydrogen-bond acceptors (Lipinski definition) is 1. The van der Waals surface area contributed by atoms with E-state index in [1.807, 2.05) is 6.92 Å². The van der Waals surface area contributed by atoms with E-state index in [2.05, 4.69) is 6.58 Å². The predicted octanol–water partition coefficient (Wildman–Crippen LogP) is 5.35. The molecule has 1 unspecified atom stereocenters. The first kappa shape index (κ1) is 16.3. The van der Waals surface area contributed by atoms with Crippen molar-refractivity contribution in [1.29, 1.82) is 0 Å². The van der Waals surface area contributed by atoms with Gasteiger partial charge >= 0.3 is 5.92 Å². The van der Waals surface area contributed by atoms with Crippen LogP contribution in [0.3, 0.4) is 0 Å².